The Morgan fingerprint density at radius 3 is 2.59 bits per heavy atom. The van der Waals surface area contributed by atoms with Crippen molar-refractivity contribution in [2.45, 2.75) is 26.8 Å². The van der Waals surface area contributed by atoms with Crippen molar-refractivity contribution < 1.29 is 19.0 Å². The quantitative estimate of drug-likeness (QED) is 0.637. The number of amides is 1. The molecular weight excluding hydrogens is 342 g/mol. The summed E-state index contributed by atoms with van der Waals surface area (Å²) < 4.78 is 16.6. The maximum absolute atomic E-state index is 12.1. The van der Waals surface area contributed by atoms with Gasteiger partial charge in [-0.15, -0.1) is 0 Å². The summed E-state index contributed by atoms with van der Waals surface area (Å²) in [4.78, 5) is 12.1. The highest BCUT2D eigenvalue weighted by Crippen LogP contribution is 2.28. The third-order valence-electron chi connectivity index (χ3n) is 3.80. The second-order valence-electron chi connectivity index (χ2n) is 5.85. The minimum Gasteiger partial charge on any atom is -0.494 e. The lowest BCUT2D eigenvalue weighted by Gasteiger charge is -2.11. The number of methoxy groups -OCH3 is 1. The molecule has 2 aromatic carbocycles. The topological polar surface area (TPSA) is 56.8 Å². The number of hydrogen-bond donors (Lipinski definition) is 1. The van der Waals surface area contributed by atoms with Crippen molar-refractivity contribution in [3.05, 3.63) is 59.7 Å². The van der Waals surface area contributed by atoms with E-state index in [0.29, 0.717) is 31.3 Å². The number of nitrogens with one attached hydrogen (secondary N) is 1. The molecule has 27 heavy (non-hydrogen) atoms. The van der Waals surface area contributed by atoms with E-state index >= 15 is 0 Å². The maximum atomic E-state index is 12.1. The van der Waals surface area contributed by atoms with Gasteiger partial charge in [-0.2, -0.15) is 0 Å². The van der Waals surface area contributed by atoms with E-state index in [4.69, 9.17) is 14.2 Å². The van der Waals surface area contributed by atoms with E-state index in [-0.39, 0.29) is 5.91 Å². The summed E-state index contributed by atoms with van der Waals surface area (Å²) in [7, 11) is 1.60. The lowest BCUT2D eigenvalue weighted by molar-refractivity contribution is -0.116. The third-order valence-corrected chi connectivity index (χ3v) is 3.80. The summed E-state index contributed by atoms with van der Waals surface area (Å²) in [5.74, 6) is 1.97. The molecule has 0 heterocycles. The average molecular weight is 369 g/mol. The van der Waals surface area contributed by atoms with E-state index in [0.717, 1.165) is 23.3 Å². The van der Waals surface area contributed by atoms with Gasteiger partial charge in [0.2, 0.25) is 5.91 Å². The van der Waals surface area contributed by atoms with Crippen molar-refractivity contribution in [1.82, 2.24) is 5.32 Å². The van der Waals surface area contributed by atoms with Crippen LogP contribution in [0, 0.1) is 0 Å². The van der Waals surface area contributed by atoms with Crippen LogP contribution < -0.4 is 19.5 Å². The molecule has 0 saturated heterocycles. The SMILES string of the molecule is CCCOc1ccc(/C=C/C(=O)NCc2ccccc2OCC)cc1OC. The van der Waals surface area contributed by atoms with Gasteiger partial charge in [0, 0.05) is 18.2 Å². The molecule has 0 atom stereocenters. The lowest BCUT2D eigenvalue weighted by Crippen LogP contribution is -2.20. The average Bonchev–Trinajstić information content (AvgIpc) is 2.70. The number of carbonyl (C=O) groups excluding carboxylic acids is 1. The van der Waals surface area contributed by atoms with E-state index < -0.39 is 0 Å². The van der Waals surface area contributed by atoms with Crippen LogP contribution in [0.1, 0.15) is 31.4 Å². The summed E-state index contributed by atoms with van der Waals surface area (Å²) in [5.41, 5.74) is 1.81. The van der Waals surface area contributed by atoms with Crippen LogP contribution in [0.5, 0.6) is 17.2 Å². The molecule has 144 valence electrons. The van der Waals surface area contributed by atoms with E-state index in [9.17, 15) is 4.79 Å². The Balaban J connectivity index is 1.96. The molecule has 0 radical (unpaired) electrons. The smallest absolute Gasteiger partial charge is 0.244 e. The zero-order valence-corrected chi connectivity index (χ0v) is 16.2. The molecule has 0 spiro atoms. The summed E-state index contributed by atoms with van der Waals surface area (Å²) in [6.45, 7) is 5.62. The second-order valence-corrected chi connectivity index (χ2v) is 5.85. The fraction of sp³-hybridized carbons (Fsp3) is 0.318. The predicted molar refractivity (Wildman–Crippen MR) is 107 cm³/mol. The number of rotatable bonds is 10. The van der Waals surface area contributed by atoms with Crippen molar-refractivity contribution >= 4 is 12.0 Å². The molecule has 0 bridgehead atoms. The first kappa shape index (κ1) is 20.4. The van der Waals surface area contributed by atoms with Gasteiger partial charge in [0.25, 0.3) is 0 Å². The largest absolute Gasteiger partial charge is 0.494 e. The first-order chi connectivity index (χ1) is 13.2. The van der Waals surface area contributed by atoms with E-state index in [1.807, 2.05) is 49.4 Å². The van der Waals surface area contributed by atoms with Crippen molar-refractivity contribution in [2.75, 3.05) is 20.3 Å². The minimum atomic E-state index is -0.174. The molecule has 0 aliphatic rings. The Kier molecular flexibility index (Phi) is 8.23. The van der Waals surface area contributed by atoms with E-state index in [1.165, 1.54) is 6.08 Å². The number of ether oxygens (including phenoxy) is 3. The van der Waals surface area contributed by atoms with Crippen LogP contribution in [0.3, 0.4) is 0 Å². The van der Waals surface area contributed by atoms with Crippen LogP contribution in [0.25, 0.3) is 6.08 Å². The Morgan fingerprint density at radius 1 is 1.04 bits per heavy atom. The van der Waals surface area contributed by atoms with Gasteiger partial charge in [0.15, 0.2) is 11.5 Å². The van der Waals surface area contributed by atoms with Crippen LogP contribution in [0.4, 0.5) is 0 Å². The van der Waals surface area contributed by atoms with Crippen molar-refractivity contribution in [2.24, 2.45) is 0 Å². The van der Waals surface area contributed by atoms with Gasteiger partial charge >= 0.3 is 0 Å². The van der Waals surface area contributed by atoms with Crippen LogP contribution >= 0.6 is 0 Å². The van der Waals surface area contributed by atoms with Crippen LogP contribution in [0.2, 0.25) is 0 Å². The van der Waals surface area contributed by atoms with Gasteiger partial charge in [0.05, 0.1) is 20.3 Å². The summed E-state index contributed by atoms with van der Waals surface area (Å²) >= 11 is 0. The summed E-state index contributed by atoms with van der Waals surface area (Å²) in [6.07, 6.45) is 4.18. The van der Waals surface area contributed by atoms with Gasteiger partial charge < -0.3 is 19.5 Å². The number of carbonyl (C=O) groups is 1. The number of para-hydroxylation sites is 1. The Morgan fingerprint density at radius 2 is 1.85 bits per heavy atom. The third kappa shape index (κ3) is 6.37. The molecule has 5 nitrogen and oxygen atoms in total. The Bertz CT molecular complexity index is 771. The van der Waals surface area contributed by atoms with Gasteiger partial charge in [-0.1, -0.05) is 31.2 Å². The van der Waals surface area contributed by atoms with Crippen LogP contribution in [0.15, 0.2) is 48.5 Å². The maximum Gasteiger partial charge on any atom is 0.244 e. The molecule has 0 aromatic heterocycles. The normalized spacial score (nSPS) is 10.6. The molecule has 5 heteroatoms. The Labute approximate surface area is 161 Å². The monoisotopic (exact) mass is 369 g/mol. The zero-order valence-electron chi connectivity index (χ0n) is 16.2. The molecule has 2 aromatic rings. The van der Waals surface area contributed by atoms with Gasteiger partial charge in [0.1, 0.15) is 5.75 Å². The van der Waals surface area contributed by atoms with Gasteiger partial charge in [-0.05, 0) is 43.2 Å². The fourth-order valence-corrected chi connectivity index (χ4v) is 2.48. The van der Waals surface area contributed by atoms with E-state index in [2.05, 4.69) is 12.2 Å². The van der Waals surface area contributed by atoms with Crippen molar-refractivity contribution in [1.29, 1.82) is 0 Å². The highest BCUT2D eigenvalue weighted by Gasteiger charge is 2.06. The highest BCUT2D eigenvalue weighted by molar-refractivity contribution is 5.91. The van der Waals surface area contributed by atoms with E-state index in [1.54, 1.807) is 13.2 Å². The molecular formula is C22H27NO4. The molecule has 1 N–H and O–H groups in total. The van der Waals surface area contributed by atoms with Gasteiger partial charge in [-0.3, -0.25) is 4.79 Å². The molecule has 0 aliphatic carbocycles. The summed E-state index contributed by atoms with van der Waals surface area (Å²) in [5, 5.41) is 2.87. The van der Waals surface area contributed by atoms with Crippen LogP contribution in [-0.2, 0) is 11.3 Å². The van der Waals surface area contributed by atoms with Crippen molar-refractivity contribution in [3.8, 4) is 17.2 Å². The predicted octanol–water partition coefficient (Wildman–Crippen LogP) is 4.21. The van der Waals surface area contributed by atoms with Crippen molar-refractivity contribution in [3.63, 3.8) is 0 Å². The molecule has 0 saturated carbocycles. The summed E-state index contributed by atoms with van der Waals surface area (Å²) in [6, 6.07) is 13.3. The second kappa shape index (κ2) is 10.9. The molecule has 0 unspecified atom stereocenters. The fourth-order valence-electron chi connectivity index (χ4n) is 2.48. The Hall–Kier alpha value is -2.95. The lowest BCUT2D eigenvalue weighted by atomic mass is 10.1. The first-order valence-electron chi connectivity index (χ1n) is 9.15. The standard InChI is InChI=1S/C22H27NO4/c1-4-14-27-20-12-10-17(15-21(20)25-3)11-13-22(24)23-16-18-8-6-7-9-19(18)26-5-2/h6-13,15H,4-5,14,16H2,1-3H3,(H,23,24)/b13-11+. The van der Waals surface area contributed by atoms with Crippen LogP contribution in [-0.4, -0.2) is 26.2 Å². The number of benzene rings is 2. The molecule has 0 fully saturated rings. The molecule has 0 aliphatic heterocycles. The van der Waals surface area contributed by atoms with Gasteiger partial charge in [-0.25, -0.2) is 0 Å². The molecule has 1 amide bonds. The zero-order chi connectivity index (χ0) is 19.5. The highest BCUT2D eigenvalue weighted by atomic mass is 16.5. The molecule has 2 rings (SSSR count). The number of hydrogen-bond acceptors (Lipinski definition) is 4. The first-order valence-corrected chi connectivity index (χ1v) is 9.15. The minimum absolute atomic E-state index is 0.174.